The van der Waals surface area contributed by atoms with E-state index in [0.29, 0.717) is 4.48 Å². The summed E-state index contributed by atoms with van der Waals surface area (Å²) < 4.78 is 0.622. The molecular formula is C8H11BrN2O2. The Bertz CT molecular complexity index is 257. The Kier molecular flexibility index (Phi) is 2.75. The maximum atomic E-state index is 11.5. The molecule has 5 heteroatoms. The van der Waals surface area contributed by atoms with E-state index in [-0.39, 0.29) is 24.5 Å². The minimum atomic E-state index is -0.362. The van der Waals surface area contributed by atoms with E-state index in [2.05, 4.69) is 22.5 Å². The Hall–Kier alpha value is -0.840. The molecule has 0 aromatic rings. The normalized spacial score (nSPS) is 22.8. The summed E-state index contributed by atoms with van der Waals surface area (Å²) in [6.07, 6.45) is 0. The lowest BCUT2D eigenvalue weighted by atomic mass is 10.3. The van der Waals surface area contributed by atoms with Crippen LogP contribution in [0, 0.1) is 0 Å². The second-order valence-corrected chi connectivity index (χ2v) is 4.13. The molecule has 3 amide bonds. The molecule has 0 spiro atoms. The molecule has 1 rings (SSSR count). The molecule has 1 fully saturated rings. The predicted molar refractivity (Wildman–Crippen MR) is 52.4 cm³/mol. The Morgan fingerprint density at radius 3 is 2.46 bits per heavy atom. The van der Waals surface area contributed by atoms with Crippen LogP contribution in [0.5, 0.6) is 0 Å². The summed E-state index contributed by atoms with van der Waals surface area (Å²) in [5.41, 5.74) is 0. The summed E-state index contributed by atoms with van der Waals surface area (Å²) in [7, 11) is 1.61. The fourth-order valence-corrected chi connectivity index (χ4v) is 1.41. The number of imide groups is 1. The van der Waals surface area contributed by atoms with Gasteiger partial charge in [-0.3, -0.25) is 9.69 Å². The van der Waals surface area contributed by atoms with Crippen LogP contribution in [0.3, 0.4) is 0 Å². The first-order chi connectivity index (χ1) is 5.95. The number of halogens is 1. The first kappa shape index (κ1) is 10.2. The van der Waals surface area contributed by atoms with Gasteiger partial charge < -0.3 is 4.90 Å². The zero-order valence-corrected chi connectivity index (χ0v) is 9.17. The van der Waals surface area contributed by atoms with E-state index in [1.807, 2.05) is 0 Å². The van der Waals surface area contributed by atoms with Gasteiger partial charge in [-0.1, -0.05) is 22.5 Å². The third-order valence-electron chi connectivity index (χ3n) is 2.07. The average Bonchev–Trinajstić information content (AvgIpc) is 2.22. The van der Waals surface area contributed by atoms with Gasteiger partial charge >= 0.3 is 6.03 Å². The quantitative estimate of drug-likeness (QED) is 0.687. The Balaban J connectivity index is 2.81. The number of rotatable bonds is 2. The molecule has 1 heterocycles. The SMILES string of the molecule is C=C(Br)CN1C(=O)C(C)N(C)C1=O. The van der Waals surface area contributed by atoms with Crippen molar-refractivity contribution in [2.75, 3.05) is 13.6 Å². The second kappa shape index (κ2) is 3.49. The van der Waals surface area contributed by atoms with Gasteiger partial charge in [-0.15, -0.1) is 0 Å². The van der Waals surface area contributed by atoms with Gasteiger partial charge in [-0.05, 0) is 6.92 Å². The van der Waals surface area contributed by atoms with Crippen molar-refractivity contribution in [1.82, 2.24) is 9.80 Å². The van der Waals surface area contributed by atoms with Gasteiger partial charge in [0.2, 0.25) is 0 Å². The van der Waals surface area contributed by atoms with Crippen molar-refractivity contribution in [1.29, 1.82) is 0 Å². The molecule has 0 bridgehead atoms. The number of hydrogen-bond acceptors (Lipinski definition) is 2. The van der Waals surface area contributed by atoms with Gasteiger partial charge in [-0.2, -0.15) is 0 Å². The lowest BCUT2D eigenvalue weighted by molar-refractivity contribution is -0.127. The maximum absolute atomic E-state index is 11.5. The van der Waals surface area contributed by atoms with E-state index >= 15 is 0 Å². The van der Waals surface area contributed by atoms with Gasteiger partial charge in [0, 0.05) is 11.5 Å². The molecule has 0 aliphatic carbocycles. The van der Waals surface area contributed by atoms with Gasteiger partial charge in [0.15, 0.2) is 0 Å². The molecule has 1 unspecified atom stereocenters. The van der Waals surface area contributed by atoms with E-state index in [1.165, 1.54) is 9.80 Å². The first-order valence-electron chi connectivity index (χ1n) is 3.86. The maximum Gasteiger partial charge on any atom is 0.327 e. The van der Waals surface area contributed by atoms with E-state index in [0.717, 1.165) is 0 Å². The number of likely N-dealkylation sites (N-methyl/N-ethyl adjacent to an activating group) is 1. The highest BCUT2D eigenvalue weighted by Gasteiger charge is 2.39. The van der Waals surface area contributed by atoms with Crippen molar-refractivity contribution in [2.45, 2.75) is 13.0 Å². The molecule has 0 radical (unpaired) electrons. The zero-order valence-electron chi connectivity index (χ0n) is 7.58. The highest BCUT2D eigenvalue weighted by Crippen LogP contribution is 2.17. The first-order valence-corrected chi connectivity index (χ1v) is 4.66. The molecule has 72 valence electrons. The fraction of sp³-hybridized carbons (Fsp3) is 0.500. The summed E-state index contributed by atoms with van der Waals surface area (Å²) in [4.78, 5) is 25.5. The fourth-order valence-electron chi connectivity index (χ4n) is 1.16. The third-order valence-corrected chi connectivity index (χ3v) is 2.32. The van der Waals surface area contributed by atoms with Crippen LogP contribution in [-0.4, -0.2) is 41.4 Å². The van der Waals surface area contributed by atoms with Crippen LogP contribution in [0.15, 0.2) is 11.1 Å². The van der Waals surface area contributed by atoms with Crippen LogP contribution in [0.2, 0.25) is 0 Å². The molecule has 1 aliphatic heterocycles. The lowest BCUT2D eigenvalue weighted by Gasteiger charge is -2.12. The molecule has 1 saturated heterocycles. The van der Waals surface area contributed by atoms with Crippen LogP contribution in [0.25, 0.3) is 0 Å². The molecular weight excluding hydrogens is 236 g/mol. The number of hydrogen-bond donors (Lipinski definition) is 0. The molecule has 4 nitrogen and oxygen atoms in total. The molecule has 0 aromatic carbocycles. The summed E-state index contributed by atoms with van der Waals surface area (Å²) in [5, 5.41) is 0. The number of carbonyl (C=O) groups is 2. The standard InChI is InChI=1S/C8H11BrN2O2/c1-5(9)4-11-7(12)6(2)10(3)8(11)13/h6H,1,4H2,2-3H3. The summed E-state index contributed by atoms with van der Waals surface area (Å²) in [6.45, 7) is 5.54. The Morgan fingerprint density at radius 1 is 1.62 bits per heavy atom. The zero-order chi connectivity index (χ0) is 10.2. The van der Waals surface area contributed by atoms with E-state index in [4.69, 9.17) is 0 Å². The van der Waals surface area contributed by atoms with E-state index in [9.17, 15) is 9.59 Å². The molecule has 0 aromatic heterocycles. The molecule has 1 atom stereocenters. The van der Waals surface area contributed by atoms with Crippen molar-refractivity contribution in [3.05, 3.63) is 11.1 Å². The highest BCUT2D eigenvalue weighted by molar-refractivity contribution is 9.11. The van der Waals surface area contributed by atoms with Gasteiger partial charge in [0.1, 0.15) is 6.04 Å². The lowest BCUT2D eigenvalue weighted by Crippen LogP contribution is -2.32. The van der Waals surface area contributed by atoms with Crippen molar-refractivity contribution >= 4 is 27.9 Å². The van der Waals surface area contributed by atoms with Crippen molar-refractivity contribution in [3.63, 3.8) is 0 Å². The van der Waals surface area contributed by atoms with Crippen LogP contribution >= 0.6 is 15.9 Å². The van der Waals surface area contributed by atoms with Crippen LogP contribution < -0.4 is 0 Å². The summed E-state index contributed by atoms with van der Waals surface area (Å²) in [6, 6.07) is -0.627. The second-order valence-electron chi connectivity index (χ2n) is 3.01. The van der Waals surface area contributed by atoms with Crippen molar-refractivity contribution < 1.29 is 9.59 Å². The highest BCUT2D eigenvalue weighted by atomic mass is 79.9. The molecule has 0 N–H and O–H groups in total. The number of nitrogens with zero attached hydrogens (tertiary/aromatic N) is 2. The van der Waals surface area contributed by atoms with E-state index in [1.54, 1.807) is 14.0 Å². The van der Waals surface area contributed by atoms with E-state index < -0.39 is 0 Å². The summed E-state index contributed by atoms with van der Waals surface area (Å²) in [5.74, 6) is -0.173. The smallest absolute Gasteiger partial charge is 0.316 e. The van der Waals surface area contributed by atoms with Crippen molar-refractivity contribution in [2.24, 2.45) is 0 Å². The molecule has 1 aliphatic rings. The largest absolute Gasteiger partial charge is 0.327 e. The number of urea groups is 1. The Morgan fingerprint density at radius 2 is 2.15 bits per heavy atom. The van der Waals surface area contributed by atoms with Crippen molar-refractivity contribution in [3.8, 4) is 0 Å². The molecule has 13 heavy (non-hydrogen) atoms. The molecule has 0 saturated carbocycles. The van der Waals surface area contributed by atoms with Gasteiger partial charge in [0.25, 0.3) is 5.91 Å². The average molecular weight is 247 g/mol. The van der Waals surface area contributed by atoms with Crippen LogP contribution in [0.1, 0.15) is 6.92 Å². The summed E-state index contributed by atoms with van der Waals surface area (Å²) >= 11 is 3.12. The monoisotopic (exact) mass is 246 g/mol. The van der Waals surface area contributed by atoms with Gasteiger partial charge in [0.05, 0.1) is 6.54 Å². The Labute approximate surface area is 85.3 Å². The third kappa shape index (κ3) is 1.75. The van der Waals surface area contributed by atoms with Crippen LogP contribution in [-0.2, 0) is 4.79 Å². The van der Waals surface area contributed by atoms with Gasteiger partial charge in [-0.25, -0.2) is 4.79 Å². The number of amides is 3. The minimum Gasteiger partial charge on any atom is -0.316 e. The number of carbonyl (C=O) groups excluding carboxylic acids is 2. The predicted octanol–water partition coefficient (Wildman–Crippen LogP) is 1.18. The van der Waals surface area contributed by atoms with Crippen LogP contribution in [0.4, 0.5) is 4.79 Å². The topological polar surface area (TPSA) is 40.6 Å². The minimum absolute atomic E-state index is 0.173.